The van der Waals surface area contributed by atoms with Crippen molar-refractivity contribution in [2.24, 2.45) is 7.05 Å². The lowest BCUT2D eigenvalue weighted by Crippen LogP contribution is -2.18. The van der Waals surface area contributed by atoms with E-state index in [-0.39, 0.29) is 11.8 Å². The van der Waals surface area contributed by atoms with Crippen LogP contribution in [0, 0.1) is 0 Å². The molecule has 0 radical (unpaired) electrons. The summed E-state index contributed by atoms with van der Waals surface area (Å²) < 4.78 is 31.7. The Morgan fingerprint density at radius 1 is 1.32 bits per heavy atom. The van der Waals surface area contributed by atoms with E-state index in [2.05, 4.69) is 20.3 Å². The second kappa shape index (κ2) is 8.42. The molecule has 0 unspecified atom stereocenters. The normalized spacial score (nSPS) is 10.9. The average molecular weight is 389 g/mol. The molecular formula is C18H17F2N5O3. The van der Waals surface area contributed by atoms with Crippen LogP contribution in [-0.4, -0.2) is 38.7 Å². The van der Waals surface area contributed by atoms with Crippen molar-refractivity contribution >= 4 is 11.8 Å². The Labute approximate surface area is 158 Å². The summed E-state index contributed by atoms with van der Waals surface area (Å²) >= 11 is 0. The smallest absolute Gasteiger partial charge is 0.411 e. The molecule has 0 aliphatic heterocycles. The second-order valence-corrected chi connectivity index (χ2v) is 5.94. The average Bonchev–Trinajstić information content (AvgIpc) is 3.08. The lowest BCUT2D eigenvalue weighted by Gasteiger charge is -2.09. The van der Waals surface area contributed by atoms with Gasteiger partial charge in [-0.15, -0.1) is 0 Å². The van der Waals surface area contributed by atoms with Gasteiger partial charge in [0.25, 0.3) is 6.43 Å². The molecule has 1 N–H and O–H groups in total. The summed E-state index contributed by atoms with van der Waals surface area (Å²) in [5, 5.41) is 10.8. The number of hydrogen-bond acceptors (Lipinski definition) is 5. The number of anilines is 1. The third-order valence-corrected chi connectivity index (χ3v) is 3.72. The molecule has 0 aliphatic rings. The lowest BCUT2D eigenvalue weighted by atomic mass is 10.1. The standard InChI is InChI=1S/C18H17F2N5O3/c1-24-10-14(9-21-24)25-6-5-16(26)15(23-25)8-12-3-2-4-13(7-12)22-18(27)28-11-17(19)20/h2-7,9-10,17H,8,11H2,1H3,(H,22,27). The summed E-state index contributed by atoms with van der Waals surface area (Å²) in [7, 11) is 1.78. The van der Waals surface area contributed by atoms with Crippen molar-refractivity contribution in [1.29, 1.82) is 0 Å². The van der Waals surface area contributed by atoms with Gasteiger partial charge in [0.1, 0.15) is 11.4 Å². The quantitative estimate of drug-likeness (QED) is 0.699. The van der Waals surface area contributed by atoms with Crippen LogP contribution in [0.15, 0.2) is 53.7 Å². The number of benzene rings is 1. The SMILES string of the molecule is Cn1cc(-n2ccc(=O)c(Cc3cccc(NC(=O)OCC(F)F)c3)n2)cn1. The van der Waals surface area contributed by atoms with E-state index in [0.717, 1.165) is 0 Å². The van der Waals surface area contributed by atoms with Crippen molar-refractivity contribution in [3.63, 3.8) is 0 Å². The van der Waals surface area contributed by atoms with Crippen LogP contribution in [0.3, 0.4) is 0 Å². The molecule has 146 valence electrons. The topological polar surface area (TPSA) is 91.0 Å². The van der Waals surface area contributed by atoms with E-state index < -0.39 is 19.1 Å². The van der Waals surface area contributed by atoms with Crippen molar-refractivity contribution in [3.05, 3.63) is 70.4 Å². The fourth-order valence-corrected chi connectivity index (χ4v) is 2.49. The van der Waals surface area contributed by atoms with Gasteiger partial charge in [-0.2, -0.15) is 10.2 Å². The third-order valence-electron chi connectivity index (χ3n) is 3.72. The first-order chi connectivity index (χ1) is 13.4. The van der Waals surface area contributed by atoms with Crippen LogP contribution in [0.2, 0.25) is 0 Å². The molecule has 3 aromatic rings. The number of rotatable bonds is 6. The lowest BCUT2D eigenvalue weighted by molar-refractivity contribution is 0.0548. The van der Waals surface area contributed by atoms with Crippen molar-refractivity contribution in [3.8, 4) is 5.69 Å². The molecular weight excluding hydrogens is 372 g/mol. The van der Waals surface area contributed by atoms with Crippen LogP contribution in [0.1, 0.15) is 11.3 Å². The van der Waals surface area contributed by atoms with Crippen molar-refractivity contribution < 1.29 is 18.3 Å². The Morgan fingerprint density at radius 2 is 2.14 bits per heavy atom. The molecule has 1 aromatic carbocycles. The molecule has 0 spiro atoms. The Hall–Kier alpha value is -3.56. The number of nitrogens with zero attached hydrogens (tertiary/aromatic N) is 4. The van der Waals surface area contributed by atoms with Gasteiger partial charge < -0.3 is 4.74 Å². The van der Waals surface area contributed by atoms with Gasteiger partial charge in [-0.05, 0) is 17.7 Å². The summed E-state index contributed by atoms with van der Waals surface area (Å²) in [6, 6.07) is 8.05. The zero-order chi connectivity index (χ0) is 20.1. The largest absolute Gasteiger partial charge is 0.443 e. The van der Waals surface area contributed by atoms with Crippen LogP contribution in [0.4, 0.5) is 19.3 Å². The van der Waals surface area contributed by atoms with Gasteiger partial charge in [0, 0.05) is 31.4 Å². The van der Waals surface area contributed by atoms with E-state index >= 15 is 0 Å². The number of aromatic nitrogens is 4. The van der Waals surface area contributed by atoms with Gasteiger partial charge in [0.15, 0.2) is 6.61 Å². The van der Waals surface area contributed by atoms with Gasteiger partial charge in [0.2, 0.25) is 5.43 Å². The summed E-state index contributed by atoms with van der Waals surface area (Å²) in [5.41, 5.74) is 1.86. The Kier molecular flexibility index (Phi) is 5.78. The summed E-state index contributed by atoms with van der Waals surface area (Å²) in [6.45, 7) is -0.979. The molecule has 3 rings (SSSR count). The molecule has 0 fully saturated rings. The molecule has 0 saturated heterocycles. The van der Waals surface area contributed by atoms with E-state index in [9.17, 15) is 18.4 Å². The predicted octanol–water partition coefficient (Wildman–Crippen LogP) is 2.37. The van der Waals surface area contributed by atoms with Crippen LogP contribution in [0.5, 0.6) is 0 Å². The maximum atomic E-state index is 12.2. The molecule has 0 bridgehead atoms. The fourth-order valence-electron chi connectivity index (χ4n) is 2.49. The monoisotopic (exact) mass is 389 g/mol. The number of hydrogen-bond donors (Lipinski definition) is 1. The fraction of sp³-hybridized carbons (Fsp3) is 0.222. The summed E-state index contributed by atoms with van der Waals surface area (Å²) in [6.07, 6.45) is 1.45. The Morgan fingerprint density at radius 3 is 2.86 bits per heavy atom. The Balaban J connectivity index is 1.75. The molecule has 10 heteroatoms. The minimum atomic E-state index is -2.73. The minimum absolute atomic E-state index is 0.224. The highest BCUT2D eigenvalue weighted by Crippen LogP contribution is 2.14. The van der Waals surface area contributed by atoms with E-state index in [1.807, 2.05) is 0 Å². The maximum absolute atomic E-state index is 12.2. The van der Waals surface area contributed by atoms with Gasteiger partial charge in [0.05, 0.1) is 12.4 Å². The molecule has 8 nitrogen and oxygen atoms in total. The number of amides is 1. The number of alkyl halides is 2. The number of halogens is 2. The predicted molar refractivity (Wildman–Crippen MR) is 96.8 cm³/mol. The van der Waals surface area contributed by atoms with Crippen LogP contribution >= 0.6 is 0 Å². The molecule has 0 aliphatic carbocycles. The van der Waals surface area contributed by atoms with Gasteiger partial charge in [-0.3, -0.25) is 14.8 Å². The first-order valence-corrected chi connectivity index (χ1v) is 8.29. The van der Waals surface area contributed by atoms with Crippen LogP contribution < -0.4 is 10.7 Å². The number of ether oxygens (including phenoxy) is 1. The van der Waals surface area contributed by atoms with Crippen LogP contribution in [-0.2, 0) is 18.2 Å². The van der Waals surface area contributed by atoms with Gasteiger partial charge in [-0.25, -0.2) is 18.3 Å². The first kappa shape index (κ1) is 19.2. The first-order valence-electron chi connectivity index (χ1n) is 8.29. The minimum Gasteiger partial charge on any atom is -0.443 e. The molecule has 28 heavy (non-hydrogen) atoms. The van der Waals surface area contributed by atoms with E-state index in [0.29, 0.717) is 22.6 Å². The zero-order valence-corrected chi connectivity index (χ0v) is 14.9. The molecule has 2 aromatic heterocycles. The van der Waals surface area contributed by atoms with E-state index in [1.165, 1.54) is 6.07 Å². The highest BCUT2D eigenvalue weighted by molar-refractivity contribution is 5.84. The number of nitrogens with one attached hydrogen (secondary N) is 1. The highest BCUT2D eigenvalue weighted by atomic mass is 19.3. The van der Waals surface area contributed by atoms with Gasteiger partial charge >= 0.3 is 6.09 Å². The van der Waals surface area contributed by atoms with E-state index in [1.54, 1.807) is 59.3 Å². The van der Waals surface area contributed by atoms with E-state index in [4.69, 9.17) is 0 Å². The number of carbonyl (C=O) groups excluding carboxylic acids is 1. The van der Waals surface area contributed by atoms with Crippen molar-refractivity contribution in [2.45, 2.75) is 12.8 Å². The van der Waals surface area contributed by atoms with Crippen LogP contribution in [0.25, 0.3) is 5.69 Å². The van der Waals surface area contributed by atoms with Crippen molar-refractivity contribution in [2.75, 3.05) is 11.9 Å². The molecule has 0 atom stereocenters. The zero-order valence-electron chi connectivity index (χ0n) is 14.9. The highest BCUT2D eigenvalue weighted by Gasteiger charge is 2.10. The molecule has 2 heterocycles. The maximum Gasteiger partial charge on any atom is 0.411 e. The molecule has 1 amide bonds. The number of carbonyl (C=O) groups is 1. The molecule has 0 saturated carbocycles. The number of aryl methyl sites for hydroxylation is 1. The Bertz CT molecular complexity index is 1030. The van der Waals surface area contributed by atoms with Crippen molar-refractivity contribution in [1.82, 2.24) is 19.6 Å². The summed E-state index contributed by atoms with van der Waals surface area (Å²) in [5.74, 6) is 0. The second-order valence-electron chi connectivity index (χ2n) is 5.94. The summed E-state index contributed by atoms with van der Waals surface area (Å²) in [4.78, 5) is 23.7. The third kappa shape index (κ3) is 5.00. The van der Waals surface area contributed by atoms with Gasteiger partial charge in [-0.1, -0.05) is 12.1 Å².